The van der Waals surface area contributed by atoms with Gasteiger partial charge in [-0.1, -0.05) is 30.3 Å². The lowest BCUT2D eigenvalue weighted by molar-refractivity contribution is -0.134. The molecule has 3 rings (SSSR count). The number of thioether (sulfide) groups is 1. The van der Waals surface area contributed by atoms with Crippen molar-refractivity contribution in [1.29, 1.82) is 0 Å². The highest BCUT2D eigenvalue weighted by atomic mass is 32.2. The van der Waals surface area contributed by atoms with Gasteiger partial charge in [0.25, 0.3) is 0 Å². The van der Waals surface area contributed by atoms with Crippen LogP contribution in [0.5, 0.6) is 0 Å². The highest BCUT2D eigenvalue weighted by molar-refractivity contribution is 8.00. The second-order valence-corrected chi connectivity index (χ2v) is 7.14. The zero-order chi connectivity index (χ0) is 17.2. The van der Waals surface area contributed by atoms with Crippen LogP contribution in [0.4, 0.5) is 18.2 Å². The third-order valence-corrected chi connectivity index (χ3v) is 5.28. The first-order valence-corrected chi connectivity index (χ1v) is 8.80. The van der Waals surface area contributed by atoms with Gasteiger partial charge >= 0.3 is 6.18 Å². The largest absolute Gasteiger partial charge is 0.425 e. The van der Waals surface area contributed by atoms with E-state index in [0.29, 0.717) is 11.3 Å². The molecule has 0 fully saturated rings. The number of carbonyl (C=O) groups excluding carboxylic acids is 1. The minimum Gasteiger partial charge on any atom is -0.317 e. The van der Waals surface area contributed by atoms with Crippen molar-refractivity contribution in [2.75, 3.05) is 11.1 Å². The van der Waals surface area contributed by atoms with Gasteiger partial charge in [0, 0.05) is 4.90 Å². The number of nitrogens with one attached hydrogen (secondary N) is 1. The summed E-state index contributed by atoms with van der Waals surface area (Å²) in [5.41, 5.74) is 0. The molecular weight excluding hydrogens is 355 g/mol. The van der Waals surface area contributed by atoms with Crippen molar-refractivity contribution in [1.82, 2.24) is 0 Å². The summed E-state index contributed by atoms with van der Waals surface area (Å²) in [5, 5.41) is 4.90. The number of carbonyl (C=O) groups is 1. The number of fused-ring (bicyclic) bond motifs is 1. The van der Waals surface area contributed by atoms with Crippen LogP contribution in [0.25, 0.3) is 10.8 Å². The number of hydrogen-bond donors (Lipinski definition) is 1. The maximum Gasteiger partial charge on any atom is 0.425 e. The fourth-order valence-electron chi connectivity index (χ4n) is 2.14. The monoisotopic (exact) mass is 367 g/mol. The standard InChI is InChI=1S/C17H12F3NOS2/c18-17(19,20)14-7-8-16(24-14)21-15(22)10-23-13-6-5-11-3-1-2-4-12(11)9-13/h1-9H,10H2,(H,21,22). The summed E-state index contributed by atoms with van der Waals surface area (Å²) >= 11 is 1.87. The van der Waals surface area contributed by atoms with Gasteiger partial charge in [-0.2, -0.15) is 13.2 Å². The molecular formula is C17H12F3NOS2. The molecule has 0 aliphatic carbocycles. The number of thiophene rings is 1. The summed E-state index contributed by atoms with van der Waals surface area (Å²) in [6.07, 6.45) is -4.38. The number of hydrogen-bond acceptors (Lipinski definition) is 3. The van der Waals surface area contributed by atoms with Crippen LogP contribution in [0.3, 0.4) is 0 Å². The van der Waals surface area contributed by atoms with Crippen molar-refractivity contribution in [3.05, 3.63) is 59.5 Å². The van der Waals surface area contributed by atoms with E-state index >= 15 is 0 Å². The molecule has 24 heavy (non-hydrogen) atoms. The number of amides is 1. The molecule has 2 aromatic carbocycles. The Morgan fingerprint density at radius 2 is 1.79 bits per heavy atom. The first-order valence-electron chi connectivity index (χ1n) is 7.00. The molecule has 7 heteroatoms. The van der Waals surface area contributed by atoms with E-state index in [-0.39, 0.29) is 16.7 Å². The number of alkyl halides is 3. The van der Waals surface area contributed by atoms with E-state index in [2.05, 4.69) is 5.32 Å². The van der Waals surface area contributed by atoms with Gasteiger partial charge in [-0.3, -0.25) is 4.79 Å². The van der Waals surface area contributed by atoms with E-state index in [1.165, 1.54) is 17.8 Å². The van der Waals surface area contributed by atoms with E-state index in [1.807, 2.05) is 42.5 Å². The molecule has 2 nitrogen and oxygen atoms in total. The Labute approximate surface area is 144 Å². The first kappa shape index (κ1) is 16.9. The Morgan fingerprint density at radius 1 is 1.04 bits per heavy atom. The average Bonchev–Trinajstić information content (AvgIpc) is 3.01. The van der Waals surface area contributed by atoms with Crippen LogP contribution in [0.15, 0.2) is 59.5 Å². The van der Waals surface area contributed by atoms with Crippen molar-refractivity contribution >= 4 is 44.8 Å². The summed E-state index contributed by atoms with van der Waals surface area (Å²) in [6.45, 7) is 0. The molecule has 1 N–H and O–H groups in total. The molecule has 0 unspecified atom stereocenters. The second kappa shape index (κ2) is 6.86. The molecule has 0 saturated heterocycles. The summed E-state index contributed by atoms with van der Waals surface area (Å²) in [4.78, 5) is 12.1. The van der Waals surface area contributed by atoms with Crippen molar-refractivity contribution < 1.29 is 18.0 Å². The zero-order valence-electron chi connectivity index (χ0n) is 12.3. The summed E-state index contributed by atoms with van der Waals surface area (Å²) in [7, 11) is 0. The van der Waals surface area contributed by atoms with Crippen LogP contribution in [0.1, 0.15) is 4.88 Å². The minimum atomic E-state index is -4.38. The summed E-state index contributed by atoms with van der Waals surface area (Å²) < 4.78 is 37.6. The fourth-order valence-corrected chi connectivity index (χ4v) is 3.67. The van der Waals surface area contributed by atoms with Crippen molar-refractivity contribution in [3.63, 3.8) is 0 Å². The van der Waals surface area contributed by atoms with Gasteiger partial charge in [0.15, 0.2) is 0 Å². The van der Waals surface area contributed by atoms with E-state index in [4.69, 9.17) is 0 Å². The molecule has 0 atom stereocenters. The van der Waals surface area contributed by atoms with Crippen molar-refractivity contribution in [2.45, 2.75) is 11.1 Å². The van der Waals surface area contributed by atoms with E-state index in [0.717, 1.165) is 21.7 Å². The first-order chi connectivity index (χ1) is 11.4. The predicted octanol–water partition coefficient (Wildman–Crippen LogP) is 5.65. The smallest absolute Gasteiger partial charge is 0.317 e. The summed E-state index contributed by atoms with van der Waals surface area (Å²) in [5.74, 6) is -0.193. The van der Waals surface area contributed by atoms with Crippen LogP contribution in [-0.4, -0.2) is 11.7 Å². The Bertz CT molecular complexity index is 873. The minimum absolute atomic E-state index is 0.136. The topological polar surface area (TPSA) is 29.1 Å². The molecule has 0 spiro atoms. The van der Waals surface area contributed by atoms with E-state index in [1.54, 1.807) is 0 Å². The fraction of sp³-hybridized carbons (Fsp3) is 0.118. The molecule has 1 amide bonds. The molecule has 1 heterocycles. The summed E-state index contributed by atoms with van der Waals surface area (Å²) in [6, 6.07) is 16.0. The van der Waals surface area contributed by atoms with Gasteiger partial charge in [-0.05, 0) is 35.0 Å². The second-order valence-electron chi connectivity index (χ2n) is 5.01. The maximum absolute atomic E-state index is 12.5. The number of rotatable bonds is 4. The van der Waals surface area contributed by atoms with Gasteiger partial charge in [-0.25, -0.2) is 0 Å². The molecule has 0 aliphatic heterocycles. The average molecular weight is 367 g/mol. The van der Waals surface area contributed by atoms with Gasteiger partial charge in [0.1, 0.15) is 4.88 Å². The molecule has 0 saturated carbocycles. The van der Waals surface area contributed by atoms with E-state index in [9.17, 15) is 18.0 Å². The van der Waals surface area contributed by atoms with Gasteiger partial charge in [-0.15, -0.1) is 23.1 Å². The third kappa shape index (κ3) is 4.10. The highest BCUT2D eigenvalue weighted by Gasteiger charge is 2.32. The normalized spacial score (nSPS) is 11.6. The lowest BCUT2D eigenvalue weighted by Gasteiger charge is -2.05. The van der Waals surface area contributed by atoms with Gasteiger partial charge in [0.05, 0.1) is 10.8 Å². The Morgan fingerprint density at radius 3 is 2.50 bits per heavy atom. The number of anilines is 1. The number of halogens is 3. The molecule has 0 aliphatic rings. The SMILES string of the molecule is O=C(CSc1ccc2ccccc2c1)Nc1ccc(C(F)(F)F)s1. The van der Waals surface area contributed by atoms with Crippen LogP contribution in [0.2, 0.25) is 0 Å². The van der Waals surface area contributed by atoms with Crippen LogP contribution < -0.4 is 5.32 Å². The molecule has 0 bridgehead atoms. The van der Waals surface area contributed by atoms with Crippen LogP contribution >= 0.6 is 23.1 Å². The lowest BCUT2D eigenvalue weighted by atomic mass is 10.1. The number of benzene rings is 2. The Kier molecular flexibility index (Phi) is 4.82. The van der Waals surface area contributed by atoms with Crippen LogP contribution in [0, 0.1) is 0 Å². The van der Waals surface area contributed by atoms with Gasteiger partial charge < -0.3 is 5.32 Å². The quantitative estimate of drug-likeness (QED) is 0.604. The lowest BCUT2D eigenvalue weighted by Crippen LogP contribution is -2.12. The predicted molar refractivity (Wildman–Crippen MR) is 92.6 cm³/mol. The molecule has 1 aromatic heterocycles. The zero-order valence-corrected chi connectivity index (χ0v) is 13.9. The van der Waals surface area contributed by atoms with Crippen molar-refractivity contribution in [3.8, 4) is 0 Å². The highest BCUT2D eigenvalue weighted by Crippen LogP contribution is 2.36. The van der Waals surface area contributed by atoms with E-state index < -0.39 is 11.1 Å². The van der Waals surface area contributed by atoms with Crippen LogP contribution in [-0.2, 0) is 11.0 Å². The molecule has 124 valence electrons. The Balaban J connectivity index is 1.59. The molecule has 3 aromatic rings. The molecule has 0 radical (unpaired) electrons. The van der Waals surface area contributed by atoms with Crippen molar-refractivity contribution in [2.24, 2.45) is 0 Å². The third-order valence-electron chi connectivity index (χ3n) is 3.24. The Hall–Kier alpha value is -1.99. The van der Waals surface area contributed by atoms with Gasteiger partial charge in [0.2, 0.25) is 5.91 Å². The maximum atomic E-state index is 12.5.